The summed E-state index contributed by atoms with van der Waals surface area (Å²) in [5.74, 6) is 0. The number of thioether (sulfide) groups is 1. The summed E-state index contributed by atoms with van der Waals surface area (Å²) in [4.78, 5) is 0.293. The third-order valence-electron chi connectivity index (χ3n) is 3.56. The van der Waals surface area contributed by atoms with Gasteiger partial charge in [-0.15, -0.1) is 0 Å². The first-order valence-electron chi connectivity index (χ1n) is 6.36. The minimum absolute atomic E-state index is 0.0296. The molecule has 3 nitrogen and oxygen atoms in total. The fourth-order valence-electron chi connectivity index (χ4n) is 2.44. The van der Waals surface area contributed by atoms with Crippen LogP contribution in [0.2, 0.25) is 0 Å². The van der Waals surface area contributed by atoms with Crippen molar-refractivity contribution in [1.82, 2.24) is 4.72 Å². The van der Waals surface area contributed by atoms with Crippen molar-refractivity contribution in [3.8, 4) is 0 Å². The van der Waals surface area contributed by atoms with Gasteiger partial charge in [-0.05, 0) is 59.6 Å². The highest BCUT2D eigenvalue weighted by molar-refractivity contribution is 9.11. The van der Waals surface area contributed by atoms with Crippen molar-refractivity contribution >= 4 is 53.6 Å². The molecule has 20 heavy (non-hydrogen) atoms. The Bertz CT molecular complexity index is 605. The molecule has 1 aliphatic rings. The average Bonchev–Trinajstić information content (AvgIpc) is 2.80. The molecule has 0 aliphatic heterocycles. The van der Waals surface area contributed by atoms with Crippen molar-refractivity contribution in [1.29, 1.82) is 0 Å². The summed E-state index contributed by atoms with van der Waals surface area (Å²) < 4.78 is 29.4. The predicted octanol–water partition coefficient (Wildman–Crippen LogP) is 4.08. The highest BCUT2D eigenvalue weighted by Gasteiger charge is 2.31. The molecule has 1 fully saturated rings. The van der Waals surface area contributed by atoms with E-state index in [0.717, 1.165) is 29.3 Å². The zero-order chi connectivity index (χ0) is 14.9. The monoisotopic (exact) mass is 441 g/mol. The van der Waals surface area contributed by atoms with Crippen LogP contribution >= 0.6 is 43.6 Å². The molecule has 1 aliphatic carbocycles. The number of halogens is 2. The molecule has 0 amide bonds. The molecule has 0 radical (unpaired) electrons. The lowest BCUT2D eigenvalue weighted by atomic mass is 10.2. The standard InChI is InChI=1S/C13H17Br2NO2S2/c1-8-6-10(15)13(7-9(8)14)20(17,18)16-11-4-3-5-12(11)19-2/h6-7,11-12,16H,3-5H2,1-2H3. The van der Waals surface area contributed by atoms with Crippen LogP contribution in [0.15, 0.2) is 26.0 Å². The molecule has 1 saturated carbocycles. The lowest BCUT2D eigenvalue weighted by molar-refractivity contribution is 0.554. The summed E-state index contributed by atoms with van der Waals surface area (Å²) in [6, 6.07) is 3.51. The molecular weight excluding hydrogens is 426 g/mol. The van der Waals surface area contributed by atoms with E-state index in [1.165, 1.54) is 0 Å². The summed E-state index contributed by atoms with van der Waals surface area (Å²) in [5, 5.41) is 0.373. The molecule has 2 atom stereocenters. The highest BCUT2D eigenvalue weighted by atomic mass is 79.9. The van der Waals surface area contributed by atoms with Crippen molar-refractivity contribution < 1.29 is 8.42 Å². The number of sulfonamides is 1. The first-order chi connectivity index (χ1) is 9.35. The Hall–Kier alpha value is 0.440. The van der Waals surface area contributed by atoms with E-state index < -0.39 is 10.0 Å². The van der Waals surface area contributed by atoms with Gasteiger partial charge in [0, 0.05) is 20.2 Å². The molecule has 7 heteroatoms. The van der Waals surface area contributed by atoms with Gasteiger partial charge in [-0.25, -0.2) is 13.1 Å². The Morgan fingerprint density at radius 3 is 2.60 bits per heavy atom. The highest BCUT2D eigenvalue weighted by Crippen LogP contribution is 2.32. The molecule has 2 rings (SSSR count). The molecule has 2 unspecified atom stereocenters. The largest absolute Gasteiger partial charge is 0.242 e. The Labute approximate surface area is 141 Å². The fraction of sp³-hybridized carbons (Fsp3) is 0.538. The van der Waals surface area contributed by atoms with Gasteiger partial charge in [-0.3, -0.25) is 0 Å². The second-order valence-corrected chi connectivity index (χ2v) is 9.43. The van der Waals surface area contributed by atoms with Crippen LogP contribution < -0.4 is 4.72 Å². The van der Waals surface area contributed by atoms with E-state index in [0.29, 0.717) is 14.6 Å². The minimum Gasteiger partial charge on any atom is -0.207 e. The fourth-order valence-corrected chi connectivity index (χ4v) is 6.45. The van der Waals surface area contributed by atoms with Gasteiger partial charge in [0.25, 0.3) is 0 Å². The van der Waals surface area contributed by atoms with Crippen LogP contribution in [0.25, 0.3) is 0 Å². The molecular formula is C13H17Br2NO2S2. The van der Waals surface area contributed by atoms with E-state index in [9.17, 15) is 8.42 Å². The number of hydrogen-bond donors (Lipinski definition) is 1. The van der Waals surface area contributed by atoms with Crippen LogP contribution in [-0.2, 0) is 10.0 Å². The van der Waals surface area contributed by atoms with E-state index >= 15 is 0 Å². The van der Waals surface area contributed by atoms with Gasteiger partial charge in [0.1, 0.15) is 0 Å². The Kier molecular flexibility index (Phi) is 5.62. The van der Waals surface area contributed by atoms with Crippen LogP contribution in [0, 0.1) is 6.92 Å². The summed E-state index contributed by atoms with van der Waals surface area (Å²) in [5.41, 5.74) is 0.999. The molecule has 112 valence electrons. The van der Waals surface area contributed by atoms with Crippen molar-refractivity contribution in [3.05, 3.63) is 26.6 Å². The first-order valence-corrected chi connectivity index (χ1v) is 10.7. The second kappa shape index (κ2) is 6.69. The van der Waals surface area contributed by atoms with Crippen molar-refractivity contribution in [2.45, 2.75) is 42.4 Å². The molecule has 0 aromatic heterocycles. The lowest BCUT2D eigenvalue weighted by Crippen LogP contribution is -2.38. The van der Waals surface area contributed by atoms with E-state index in [4.69, 9.17) is 0 Å². The Balaban J connectivity index is 2.29. The van der Waals surface area contributed by atoms with Crippen LogP contribution in [0.1, 0.15) is 24.8 Å². The molecule has 1 aromatic rings. The van der Waals surface area contributed by atoms with Crippen molar-refractivity contribution in [2.75, 3.05) is 6.26 Å². The maximum absolute atomic E-state index is 12.6. The zero-order valence-corrected chi connectivity index (χ0v) is 16.1. The van der Waals surface area contributed by atoms with Gasteiger partial charge in [-0.1, -0.05) is 22.4 Å². The second-order valence-electron chi connectivity index (χ2n) is 4.96. The number of rotatable bonds is 4. The number of aryl methyl sites for hydroxylation is 1. The summed E-state index contributed by atoms with van der Waals surface area (Å²) in [7, 11) is -3.50. The van der Waals surface area contributed by atoms with Gasteiger partial charge in [0.05, 0.1) is 4.90 Å². The normalized spacial score (nSPS) is 23.2. The Morgan fingerprint density at radius 2 is 1.95 bits per heavy atom. The molecule has 1 aromatic carbocycles. The molecule has 0 bridgehead atoms. The third-order valence-corrected chi connectivity index (χ3v) is 8.04. The molecule has 0 saturated heterocycles. The molecule has 0 heterocycles. The zero-order valence-electron chi connectivity index (χ0n) is 11.3. The summed E-state index contributed by atoms with van der Waals surface area (Å²) in [6.07, 6.45) is 5.11. The van der Waals surface area contributed by atoms with Gasteiger partial charge in [0.2, 0.25) is 10.0 Å². The Morgan fingerprint density at radius 1 is 1.25 bits per heavy atom. The van der Waals surface area contributed by atoms with Crippen LogP contribution in [0.3, 0.4) is 0 Å². The van der Waals surface area contributed by atoms with Crippen LogP contribution in [0.5, 0.6) is 0 Å². The lowest BCUT2D eigenvalue weighted by Gasteiger charge is -2.20. The average molecular weight is 443 g/mol. The third kappa shape index (κ3) is 3.61. The number of hydrogen-bond acceptors (Lipinski definition) is 3. The van der Waals surface area contributed by atoms with E-state index in [1.54, 1.807) is 17.8 Å². The smallest absolute Gasteiger partial charge is 0.207 e. The molecule has 0 spiro atoms. The first kappa shape index (κ1) is 16.8. The maximum Gasteiger partial charge on any atom is 0.242 e. The van der Waals surface area contributed by atoms with E-state index in [-0.39, 0.29) is 6.04 Å². The van der Waals surface area contributed by atoms with E-state index in [1.807, 2.05) is 19.2 Å². The SMILES string of the molecule is CSC1CCCC1NS(=O)(=O)c1cc(Br)c(C)cc1Br. The minimum atomic E-state index is -3.50. The summed E-state index contributed by atoms with van der Waals surface area (Å²) >= 11 is 8.49. The van der Waals surface area contributed by atoms with Gasteiger partial charge < -0.3 is 0 Å². The topological polar surface area (TPSA) is 46.2 Å². The van der Waals surface area contributed by atoms with Gasteiger partial charge in [-0.2, -0.15) is 11.8 Å². The number of benzene rings is 1. The maximum atomic E-state index is 12.6. The van der Waals surface area contributed by atoms with Crippen LogP contribution in [-0.4, -0.2) is 26.0 Å². The van der Waals surface area contributed by atoms with E-state index in [2.05, 4.69) is 36.6 Å². The quantitative estimate of drug-likeness (QED) is 0.763. The molecule has 1 N–H and O–H groups in total. The predicted molar refractivity (Wildman–Crippen MR) is 91.8 cm³/mol. The van der Waals surface area contributed by atoms with Crippen molar-refractivity contribution in [2.24, 2.45) is 0 Å². The summed E-state index contributed by atoms with van der Waals surface area (Å²) in [6.45, 7) is 1.93. The van der Waals surface area contributed by atoms with Crippen LogP contribution in [0.4, 0.5) is 0 Å². The van der Waals surface area contributed by atoms with Crippen molar-refractivity contribution in [3.63, 3.8) is 0 Å². The number of nitrogens with one attached hydrogen (secondary N) is 1. The van der Waals surface area contributed by atoms with Gasteiger partial charge in [0.15, 0.2) is 0 Å². The van der Waals surface area contributed by atoms with Gasteiger partial charge >= 0.3 is 0 Å².